The molecule has 1 aliphatic rings. The molecule has 0 aromatic heterocycles. The predicted molar refractivity (Wildman–Crippen MR) is 31.0 cm³/mol. The fraction of sp³-hybridized carbons (Fsp3) is 0.667. The third-order valence-corrected chi connectivity index (χ3v) is 0.644. The molecule has 0 spiro atoms. The van der Waals surface area contributed by atoms with E-state index >= 15 is 0 Å². The Hall–Kier alpha value is -0.460. The van der Waals surface area contributed by atoms with Crippen molar-refractivity contribution >= 4 is 0 Å². The predicted octanol–water partition coefficient (Wildman–Crippen LogP) is 1.23. The SMILES string of the molecule is [2H]C([2H])([2H])N1C(=C)C([2H])([2H])C([2H])([2H])C1([2H])[2H]. The first-order valence-corrected chi connectivity index (χ1v) is 1.77. The smallest absolute Gasteiger partial charge is 0.0493 e. The number of nitrogens with zero attached hydrogens (tertiary/aromatic N) is 1. The number of likely N-dealkylation sites (tertiary alicyclic amines) is 1. The number of hydrogen-bond acceptors (Lipinski definition) is 1. The van der Waals surface area contributed by atoms with Gasteiger partial charge in [0.1, 0.15) is 0 Å². The highest BCUT2D eigenvalue weighted by Crippen LogP contribution is 2.14. The van der Waals surface area contributed by atoms with Crippen LogP contribution in [0.1, 0.15) is 25.1 Å². The normalized spacial score (nSPS) is 63.7. The molecule has 0 atom stereocenters. The van der Waals surface area contributed by atoms with Crippen molar-refractivity contribution in [1.29, 1.82) is 0 Å². The van der Waals surface area contributed by atoms with Crippen molar-refractivity contribution in [3.8, 4) is 0 Å². The molecule has 0 unspecified atom stereocenters. The van der Waals surface area contributed by atoms with Crippen LogP contribution in [-0.2, 0) is 0 Å². The molecule has 40 valence electrons. The lowest BCUT2D eigenvalue weighted by molar-refractivity contribution is 0.483. The molecule has 1 heteroatoms. The molecule has 0 aromatic rings. The fourth-order valence-corrected chi connectivity index (χ4v) is 0.279. The molecular formula is C6H11N. The molecule has 1 nitrogen and oxygen atoms in total. The van der Waals surface area contributed by atoms with E-state index in [0.717, 1.165) is 0 Å². The van der Waals surface area contributed by atoms with Crippen molar-refractivity contribution in [3.63, 3.8) is 0 Å². The van der Waals surface area contributed by atoms with Crippen molar-refractivity contribution in [3.05, 3.63) is 12.3 Å². The maximum Gasteiger partial charge on any atom is 0.0493 e. The van der Waals surface area contributed by atoms with Gasteiger partial charge >= 0.3 is 0 Å². The lowest BCUT2D eigenvalue weighted by atomic mass is 10.3. The molecule has 1 rings (SSSR count). The average Bonchev–Trinajstić information content (AvgIpc) is 2.06. The van der Waals surface area contributed by atoms with Gasteiger partial charge < -0.3 is 4.90 Å². The van der Waals surface area contributed by atoms with Crippen molar-refractivity contribution in [2.45, 2.75) is 12.7 Å². The fourth-order valence-electron chi connectivity index (χ4n) is 0.279. The lowest BCUT2D eigenvalue weighted by Gasteiger charge is -2.08. The van der Waals surface area contributed by atoms with Gasteiger partial charge in [0.2, 0.25) is 0 Å². The maximum absolute atomic E-state index is 7.44. The second-order valence-corrected chi connectivity index (χ2v) is 1.14. The van der Waals surface area contributed by atoms with E-state index in [-0.39, 0.29) is 4.90 Å². The molecule has 0 amide bonds. The second-order valence-electron chi connectivity index (χ2n) is 1.14. The number of rotatable bonds is 0. The first kappa shape index (κ1) is 0.831. The van der Waals surface area contributed by atoms with Crippen LogP contribution in [0.25, 0.3) is 0 Å². The Morgan fingerprint density at radius 1 is 2.14 bits per heavy atom. The van der Waals surface area contributed by atoms with Crippen molar-refractivity contribution in [2.24, 2.45) is 0 Å². The van der Waals surface area contributed by atoms with E-state index in [1.165, 1.54) is 0 Å². The summed E-state index contributed by atoms with van der Waals surface area (Å²) >= 11 is 0. The Labute approximate surface area is 57.3 Å². The van der Waals surface area contributed by atoms with Crippen LogP contribution >= 0.6 is 0 Å². The van der Waals surface area contributed by atoms with Gasteiger partial charge in [-0.2, -0.15) is 0 Å². The summed E-state index contributed by atoms with van der Waals surface area (Å²) in [6.45, 7) is -2.79. The van der Waals surface area contributed by atoms with Crippen LogP contribution in [0.5, 0.6) is 0 Å². The zero-order valence-electron chi connectivity index (χ0n) is 12.7. The molecule has 1 saturated heterocycles. The van der Waals surface area contributed by atoms with Gasteiger partial charge in [-0.15, -0.1) is 0 Å². The molecule has 7 heavy (non-hydrogen) atoms. The monoisotopic (exact) mass is 106 g/mol. The third-order valence-electron chi connectivity index (χ3n) is 0.644. The molecule has 0 aromatic carbocycles. The maximum atomic E-state index is 7.44. The Kier molecular flexibility index (Phi) is 0.186. The minimum Gasteiger partial charge on any atom is -0.378 e. The van der Waals surface area contributed by atoms with Crippen LogP contribution in [0.3, 0.4) is 0 Å². The molecule has 0 saturated carbocycles. The summed E-state index contributed by atoms with van der Waals surface area (Å²) in [5, 5.41) is 0. The topological polar surface area (TPSA) is 3.24 Å². The van der Waals surface area contributed by atoms with E-state index in [1.807, 2.05) is 0 Å². The first-order valence-electron chi connectivity index (χ1n) is 6.27. The summed E-state index contributed by atoms with van der Waals surface area (Å²) in [4.78, 5) is 0.0972. The summed E-state index contributed by atoms with van der Waals surface area (Å²) in [5.74, 6) is 0. The van der Waals surface area contributed by atoms with E-state index in [0.29, 0.717) is 0 Å². The summed E-state index contributed by atoms with van der Waals surface area (Å²) in [7, 11) is 0. The molecule has 0 radical (unpaired) electrons. The second kappa shape index (κ2) is 1.57. The lowest BCUT2D eigenvalue weighted by Crippen LogP contribution is -2.08. The Morgan fingerprint density at radius 2 is 3.00 bits per heavy atom. The van der Waals surface area contributed by atoms with Crippen LogP contribution < -0.4 is 0 Å². The average molecular weight is 106 g/mol. The molecule has 1 fully saturated rings. The third kappa shape index (κ3) is 0.763. The zero-order valence-corrected chi connectivity index (χ0v) is 3.65. The van der Waals surface area contributed by atoms with E-state index in [9.17, 15) is 0 Å². The minimum absolute atomic E-state index is 0.0972. The van der Waals surface area contributed by atoms with Crippen LogP contribution in [0.2, 0.25) is 0 Å². The van der Waals surface area contributed by atoms with Gasteiger partial charge in [-0.05, 0) is 12.7 Å². The Bertz CT molecular complexity index is 327. The zero-order chi connectivity index (χ0) is 13.2. The van der Waals surface area contributed by atoms with Crippen LogP contribution in [-0.4, -0.2) is 18.4 Å². The van der Waals surface area contributed by atoms with Crippen LogP contribution in [0, 0.1) is 0 Å². The summed E-state index contributed by atoms with van der Waals surface area (Å²) in [6.07, 6.45) is -5.74. The van der Waals surface area contributed by atoms with Gasteiger partial charge in [0, 0.05) is 31.5 Å². The highest BCUT2D eigenvalue weighted by molar-refractivity contribution is 4.97. The van der Waals surface area contributed by atoms with Gasteiger partial charge in [0.05, 0.1) is 0 Å². The summed E-state index contributed by atoms with van der Waals surface area (Å²) < 4.78 is 65.8. The van der Waals surface area contributed by atoms with Gasteiger partial charge in [-0.25, -0.2) is 0 Å². The van der Waals surface area contributed by atoms with E-state index in [4.69, 9.17) is 12.3 Å². The van der Waals surface area contributed by atoms with Crippen molar-refractivity contribution in [2.75, 3.05) is 13.5 Å². The highest BCUT2D eigenvalue weighted by Gasteiger charge is 2.07. The largest absolute Gasteiger partial charge is 0.378 e. The number of allylic oxidation sites excluding steroid dienone is 1. The molecular weight excluding hydrogens is 86.1 g/mol. The van der Waals surface area contributed by atoms with E-state index < -0.39 is 31.9 Å². The van der Waals surface area contributed by atoms with Gasteiger partial charge in [-0.3, -0.25) is 0 Å². The number of hydrogen-bond donors (Lipinski definition) is 0. The van der Waals surface area contributed by atoms with E-state index in [1.54, 1.807) is 0 Å². The Morgan fingerprint density at radius 3 is 3.29 bits per heavy atom. The van der Waals surface area contributed by atoms with E-state index in [2.05, 4.69) is 6.58 Å². The highest BCUT2D eigenvalue weighted by atomic mass is 15.1. The molecule has 0 bridgehead atoms. The van der Waals surface area contributed by atoms with Gasteiger partial charge in [-0.1, -0.05) is 6.58 Å². The van der Waals surface area contributed by atoms with Crippen LogP contribution in [0.15, 0.2) is 12.3 Å². The van der Waals surface area contributed by atoms with Crippen molar-refractivity contribution < 1.29 is 12.3 Å². The molecule has 1 aliphatic heterocycles. The Balaban J connectivity index is 3.42. The molecule has 1 heterocycles. The first-order chi connectivity index (χ1) is 6.78. The quantitative estimate of drug-likeness (QED) is 0.449. The van der Waals surface area contributed by atoms with Gasteiger partial charge in [0.15, 0.2) is 0 Å². The van der Waals surface area contributed by atoms with Crippen molar-refractivity contribution in [1.82, 2.24) is 4.90 Å². The van der Waals surface area contributed by atoms with Gasteiger partial charge in [0.25, 0.3) is 0 Å². The summed E-state index contributed by atoms with van der Waals surface area (Å²) in [6, 6.07) is 0. The molecule has 0 N–H and O–H groups in total. The minimum atomic E-state index is -2.98. The van der Waals surface area contributed by atoms with Crippen LogP contribution in [0.4, 0.5) is 0 Å². The molecule has 0 aliphatic carbocycles. The summed E-state index contributed by atoms with van der Waals surface area (Å²) in [5.41, 5.74) is -0.706. The standard InChI is InChI=1S/C6H11N/c1-6-4-3-5-7(6)2/h1,3-5H2,2H3/i2D3,3D2,4D2,5D2.